The molecule has 0 unspecified atom stereocenters. The largest absolute Gasteiger partial charge is 0.490 e. The molecule has 2 N–H and O–H groups in total. The summed E-state index contributed by atoms with van der Waals surface area (Å²) < 4.78 is 12.1. The van der Waals surface area contributed by atoms with Crippen LogP contribution in [0, 0.1) is 10.5 Å². The summed E-state index contributed by atoms with van der Waals surface area (Å²) in [7, 11) is 0. The van der Waals surface area contributed by atoms with Gasteiger partial charge in [-0.25, -0.2) is 9.69 Å². The molecule has 0 aromatic heterocycles. The van der Waals surface area contributed by atoms with Crippen molar-refractivity contribution in [2.45, 2.75) is 13.8 Å². The maximum absolute atomic E-state index is 13.3. The fourth-order valence-corrected chi connectivity index (χ4v) is 5.02. The number of urea groups is 1. The Hall–Kier alpha value is -3.32. The fraction of sp³-hybridized carbons (Fsp3) is 0.143. The van der Waals surface area contributed by atoms with Gasteiger partial charge >= 0.3 is 6.03 Å². The minimum Gasteiger partial charge on any atom is -0.490 e. The summed E-state index contributed by atoms with van der Waals surface area (Å²) in [6.45, 7) is 3.59. The van der Waals surface area contributed by atoms with Crippen molar-refractivity contribution in [3.05, 3.63) is 83.9 Å². The highest BCUT2D eigenvalue weighted by Crippen LogP contribution is 2.36. The third-order valence-corrected chi connectivity index (χ3v) is 7.66. The molecule has 3 aromatic carbocycles. The Morgan fingerprint density at radius 1 is 1.00 bits per heavy atom. The molecule has 0 bridgehead atoms. The lowest BCUT2D eigenvalue weighted by Gasteiger charge is -2.26. The topological polar surface area (TPSA) is 114 Å². The van der Waals surface area contributed by atoms with Gasteiger partial charge in [0.15, 0.2) is 18.1 Å². The maximum atomic E-state index is 13.3. The monoisotopic (exact) mass is 727 g/mol. The minimum atomic E-state index is -0.921. The number of benzene rings is 3. The number of carbonyl (C=O) groups is 4. The summed E-state index contributed by atoms with van der Waals surface area (Å²) in [4.78, 5) is 51.7. The van der Waals surface area contributed by atoms with Gasteiger partial charge < -0.3 is 14.8 Å². The third kappa shape index (κ3) is 7.13. The summed E-state index contributed by atoms with van der Waals surface area (Å²) in [5.41, 5.74) is 1.68. The van der Waals surface area contributed by atoms with Crippen LogP contribution in [0.2, 0.25) is 15.1 Å². The van der Waals surface area contributed by atoms with Crippen molar-refractivity contribution in [2.24, 2.45) is 0 Å². The van der Waals surface area contributed by atoms with Gasteiger partial charge in [-0.15, -0.1) is 0 Å². The van der Waals surface area contributed by atoms with Crippen LogP contribution in [0.25, 0.3) is 6.08 Å². The van der Waals surface area contributed by atoms with E-state index in [2.05, 4.69) is 10.6 Å². The number of hydrogen-bond donors (Lipinski definition) is 2. The number of carbonyl (C=O) groups excluding carboxylic acids is 4. The normalized spacial score (nSPS) is 14.2. The molecule has 0 atom stereocenters. The first-order valence-corrected chi connectivity index (χ1v) is 14.2. The van der Waals surface area contributed by atoms with E-state index >= 15 is 0 Å². The van der Waals surface area contributed by atoms with Crippen LogP contribution in [-0.2, 0) is 14.4 Å². The Morgan fingerprint density at radius 2 is 1.76 bits per heavy atom. The number of rotatable bonds is 8. The zero-order valence-corrected chi connectivity index (χ0v) is 25.9. The average Bonchev–Trinajstić information content (AvgIpc) is 2.90. The number of hydrogen-bond acceptors (Lipinski definition) is 6. The van der Waals surface area contributed by atoms with E-state index in [0.29, 0.717) is 31.3 Å². The lowest BCUT2D eigenvalue weighted by molar-refractivity contribution is -0.122. The molecule has 3 aromatic rings. The van der Waals surface area contributed by atoms with Crippen molar-refractivity contribution in [2.75, 3.05) is 23.4 Å². The van der Waals surface area contributed by atoms with Gasteiger partial charge in [0, 0.05) is 10.7 Å². The van der Waals surface area contributed by atoms with Gasteiger partial charge in [-0.05, 0) is 96.1 Å². The number of amides is 5. The summed E-state index contributed by atoms with van der Waals surface area (Å²) in [5.74, 6) is -1.53. The van der Waals surface area contributed by atoms with Gasteiger partial charge in [-0.3, -0.25) is 19.7 Å². The molecule has 13 heteroatoms. The Balaban J connectivity index is 1.58. The molecule has 1 aliphatic heterocycles. The first-order valence-electron chi connectivity index (χ1n) is 12.0. The van der Waals surface area contributed by atoms with Gasteiger partial charge in [0.2, 0.25) is 0 Å². The molecule has 0 saturated carbocycles. The van der Waals surface area contributed by atoms with E-state index in [1.54, 1.807) is 37.3 Å². The molecule has 1 fully saturated rings. The summed E-state index contributed by atoms with van der Waals surface area (Å²) in [5, 5.41) is 5.78. The van der Waals surface area contributed by atoms with Crippen LogP contribution < -0.4 is 25.0 Å². The zero-order chi connectivity index (χ0) is 29.8. The lowest BCUT2D eigenvalue weighted by atomic mass is 10.1. The van der Waals surface area contributed by atoms with Gasteiger partial charge in [0.05, 0.1) is 25.9 Å². The van der Waals surface area contributed by atoms with Crippen molar-refractivity contribution < 1.29 is 28.7 Å². The molecule has 1 saturated heterocycles. The van der Waals surface area contributed by atoms with Gasteiger partial charge in [0.25, 0.3) is 17.7 Å². The second-order valence-corrected chi connectivity index (χ2v) is 11.0. The molecule has 5 amide bonds. The number of barbiturate groups is 1. The van der Waals surface area contributed by atoms with E-state index in [-0.39, 0.29) is 34.5 Å². The third-order valence-electron chi connectivity index (χ3n) is 5.71. The molecular weight excluding hydrogens is 708 g/mol. The van der Waals surface area contributed by atoms with E-state index in [9.17, 15) is 19.2 Å². The maximum Gasteiger partial charge on any atom is 0.335 e. The number of anilines is 2. The van der Waals surface area contributed by atoms with Crippen LogP contribution in [0.5, 0.6) is 11.5 Å². The molecule has 212 valence electrons. The van der Waals surface area contributed by atoms with Crippen LogP contribution in [0.3, 0.4) is 0 Å². The molecule has 41 heavy (non-hydrogen) atoms. The molecule has 1 heterocycles. The fourth-order valence-electron chi connectivity index (χ4n) is 3.76. The summed E-state index contributed by atoms with van der Waals surface area (Å²) in [6, 6.07) is 11.7. The van der Waals surface area contributed by atoms with E-state index in [0.717, 1.165) is 10.5 Å². The van der Waals surface area contributed by atoms with Crippen molar-refractivity contribution in [1.82, 2.24) is 5.32 Å². The number of halogens is 4. The lowest BCUT2D eigenvalue weighted by Crippen LogP contribution is -2.54. The number of ether oxygens (including phenoxy) is 2. The predicted octanol–water partition coefficient (Wildman–Crippen LogP) is 6.64. The summed E-state index contributed by atoms with van der Waals surface area (Å²) in [6.07, 6.45) is 1.33. The molecule has 0 radical (unpaired) electrons. The van der Waals surface area contributed by atoms with Crippen molar-refractivity contribution in [1.29, 1.82) is 0 Å². The van der Waals surface area contributed by atoms with Crippen LogP contribution >= 0.6 is 57.4 Å². The van der Waals surface area contributed by atoms with Crippen molar-refractivity contribution >= 4 is 98.6 Å². The average molecular weight is 729 g/mol. The second-order valence-electron chi connectivity index (χ2n) is 8.62. The van der Waals surface area contributed by atoms with Crippen LogP contribution in [0.15, 0.2) is 54.1 Å². The smallest absolute Gasteiger partial charge is 0.335 e. The van der Waals surface area contributed by atoms with Crippen LogP contribution in [0.1, 0.15) is 18.1 Å². The van der Waals surface area contributed by atoms with E-state index in [1.807, 2.05) is 29.5 Å². The quantitative estimate of drug-likeness (QED) is 0.153. The second kappa shape index (κ2) is 13.1. The SMILES string of the molecule is CCOc1cc(/C=C2/C(=O)NC(=O)N(c3ccc(Cl)c(Cl)c3)C2=O)cc(I)c1OCC(=O)Nc1ccc(C)c(Cl)c1. The standard InChI is InChI=1S/C28H21Cl3IN3O6/c1-3-40-23-10-15(9-22(32)25(23)41-13-24(36)33-16-5-4-14(2)20(30)11-16)8-18-26(37)34-28(39)35(27(18)38)17-6-7-19(29)21(31)12-17/h4-12H,3,13H2,1-2H3,(H,33,36)(H,34,37,39)/b18-8-. The van der Waals surface area contributed by atoms with Crippen molar-refractivity contribution in [3.63, 3.8) is 0 Å². The number of imide groups is 2. The highest BCUT2D eigenvalue weighted by molar-refractivity contribution is 14.1. The Bertz CT molecular complexity index is 1610. The van der Waals surface area contributed by atoms with E-state index < -0.39 is 23.8 Å². The van der Waals surface area contributed by atoms with Gasteiger partial charge in [-0.2, -0.15) is 0 Å². The Morgan fingerprint density at radius 3 is 2.44 bits per heavy atom. The first kappa shape index (κ1) is 30.6. The Kier molecular flexibility index (Phi) is 9.80. The minimum absolute atomic E-state index is 0.134. The molecule has 0 spiro atoms. The molecular formula is C28H21Cl3IN3O6. The van der Waals surface area contributed by atoms with Crippen LogP contribution in [-0.4, -0.2) is 37.0 Å². The molecule has 1 aliphatic rings. The van der Waals surface area contributed by atoms with E-state index in [1.165, 1.54) is 24.3 Å². The van der Waals surface area contributed by atoms with Crippen LogP contribution in [0.4, 0.5) is 16.2 Å². The van der Waals surface area contributed by atoms with E-state index in [4.69, 9.17) is 44.3 Å². The van der Waals surface area contributed by atoms with Crippen molar-refractivity contribution in [3.8, 4) is 11.5 Å². The number of nitrogens with one attached hydrogen (secondary N) is 2. The van der Waals surface area contributed by atoms with Gasteiger partial charge in [0.1, 0.15) is 5.57 Å². The summed E-state index contributed by atoms with van der Waals surface area (Å²) >= 11 is 20.1. The molecule has 4 rings (SSSR count). The first-order chi connectivity index (χ1) is 19.5. The molecule has 9 nitrogen and oxygen atoms in total. The highest BCUT2D eigenvalue weighted by atomic mass is 127. The Labute approximate surface area is 263 Å². The molecule has 0 aliphatic carbocycles. The number of nitrogens with zero attached hydrogens (tertiary/aromatic N) is 1. The number of aryl methyl sites for hydroxylation is 1. The zero-order valence-electron chi connectivity index (χ0n) is 21.5. The predicted molar refractivity (Wildman–Crippen MR) is 166 cm³/mol. The highest BCUT2D eigenvalue weighted by Gasteiger charge is 2.37. The van der Waals surface area contributed by atoms with Gasteiger partial charge in [-0.1, -0.05) is 40.9 Å².